The number of aromatic nitrogens is 2. The molecule has 1 aromatic rings. The summed E-state index contributed by atoms with van der Waals surface area (Å²) in [6.07, 6.45) is 3.43. The van der Waals surface area contributed by atoms with Gasteiger partial charge in [-0.1, -0.05) is 0 Å². The number of aryl methyl sites for hydroxylation is 1. The molecule has 1 atom stereocenters. The molecule has 124 valence electrons. The number of hydrogen-bond acceptors (Lipinski definition) is 4. The lowest BCUT2D eigenvalue weighted by molar-refractivity contribution is -0.139. The molecule has 2 saturated heterocycles. The largest absolute Gasteiger partial charge is 0.344 e. The Morgan fingerprint density at radius 3 is 2.74 bits per heavy atom. The smallest absolute Gasteiger partial charge is 0.325 e. The van der Waals surface area contributed by atoms with Crippen molar-refractivity contribution in [3.63, 3.8) is 0 Å². The summed E-state index contributed by atoms with van der Waals surface area (Å²) in [5.41, 5.74) is -0.0185. The first-order chi connectivity index (χ1) is 10.8. The van der Waals surface area contributed by atoms with Crippen LogP contribution in [0.4, 0.5) is 4.79 Å². The van der Waals surface area contributed by atoms with E-state index in [-0.39, 0.29) is 24.4 Å². The summed E-state index contributed by atoms with van der Waals surface area (Å²) in [6, 6.07) is -0.636. The lowest BCUT2D eigenvalue weighted by Crippen LogP contribution is -2.44. The summed E-state index contributed by atoms with van der Waals surface area (Å²) < 4.78 is 0. The molecule has 8 nitrogen and oxygen atoms in total. The Morgan fingerprint density at radius 1 is 1.43 bits per heavy atom. The minimum absolute atomic E-state index is 0.120. The number of likely N-dealkylation sites (tertiary alicyclic amines) is 1. The van der Waals surface area contributed by atoms with Crippen LogP contribution >= 0.6 is 0 Å². The van der Waals surface area contributed by atoms with Crippen molar-refractivity contribution >= 4 is 17.8 Å². The number of amides is 4. The summed E-state index contributed by atoms with van der Waals surface area (Å²) in [7, 11) is 0. The van der Waals surface area contributed by atoms with Crippen LogP contribution in [0.5, 0.6) is 0 Å². The second-order valence-corrected chi connectivity index (χ2v) is 6.64. The Hall–Kier alpha value is -2.38. The van der Waals surface area contributed by atoms with Gasteiger partial charge in [-0.2, -0.15) is 0 Å². The van der Waals surface area contributed by atoms with E-state index in [1.165, 1.54) is 0 Å². The molecule has 2 fully saturated rings. The van der Waals surface area contributed by atoms with Gasteiger partial charge in [0.15, 0.2) is 0 Å². The molecule has 2 N–H and O–H groups in total. The van der Waals surface area contributed by atoms with Crippen molar-refractivity contribution in [1.82, 2.24) is 25.1 Å². The van der Waals surface area contributed by atoms with E-state index in [1.54, 1.807) is 24.9 Å². The highest BCUT2D eigenvalue weighted by Crippen LogP contribution is 2.30. The summed E-state index contributed by atoms with van der Waals surface area (Å²) >= 11 is 0. The van der Waals surface area contributed by atoms with Crippen LogP contribution in [0.2, 0.25) is 0 Å². The van der Waals surface area contributed by atoms with Crippen molar-refractivity contribution in [3.8, 4) is 0 Å². The Morgan fingerprint density at radius 2 is 2.17 bits per heavy atom. The zero-order valence-corrected chi connectivity index (χ0v) is 13.5. The van der Waals surface area contributed by atoms with Gasteiger partial charge in [-0.25, -0.2) is 9.78 Å². The molecule has 0 bridgehead atoms. The summed E-state index contributed by atoms with van der Waals surface area (Å²) in [6.45, 7) is 5.54. The molecular formula is C15H21N5O3. The van der Waals surface area contributed by atoms with E-state index in [0.717, 1.165) is 29.3 Å². The number of urea groups is 1. The first-order valence-electron chi connectivity index (χ1n) is 7.74. The van der Waals surface area contributed by atoms with Gasteiger partial charge in [-0.15, -0.1) is 0 Å². The van der Waals surface area contributed by atoms with Crippen LogP contribution in [-0.4, -0.2) is 56.2 Å². The molecule has 4 amide bonds. The number of aromatic amines is 1. The molecule has 0 unspecified atom stereocenters. The first kappa shape index (κ1) is 15.5. The number of imidazole rings is 1. The fourth-order valence-electron chi connectivity index (χ4n) is 3.14. The van der Waals surface area contributed by atoms with Crippen molar-refractivity contribution in [3.05, 3.63) is 17.7 Å². The fourth-order valence-corrected chi connectivity index (χ4v) is 3.14. The van der Waals surface area contributed by atoms with E-state index >= 15 is 0 Å². The monoisotopic (exact) mass is 319 g/mol. The Bertz CT molecular complexity index is 666. The lowest BCUT2D eigenvalue weighted by atomic mass is 10.1. The van der Waals surface area contributed by atoms with Crippen LogP contribution in [0.1, 0.15) is 44.2 Å². The van der Waals surface area contributed by atoms with E-state index in [0.29, 0.717) is 6.54 Å². The number of rotatable bonds is 3. The van der Waals surface area contributed by atoms with E-state index in [4.69, 9.17) is 0 Å². The minimum atomic E-state index is -0.958. The molecule has 23 heavy (non-hydrogen) atoms. The predicted molar refractivity (Wildman–Crippen MR) is 81.3 cm³/mol. The van der Waals surface area contributed by atoms with Crippen molar-refractivity contribution in [1.29, 1.82) is 0 Å². The maximum absolute atomic E-state index is 12.6. The van der Waals surface area contributed by atoms with Crippen molar-refractivity contribution < 1.29 is 14.4 Å². The zero-order valence-electron chi connectivity index (χ0n) is 13.5. The van der Waals surface area contributed by atoms with Gasteiger partial charge in [0.2, 0.25) is 5.91 Å². The number of H-pyrrole nitrogens is 1. The van der Waals surface area contributed by atoms with Crippen LogP contribution in [0.25, 0.3) is 0 Å². The number of carbonyl (C=O) groups excluding carboxylic acids is 3. The average molecular weight is 319 g/mol. The van der Waals surface area contributed by atoms with Gasteiger partial charge >= 0.3 is 6.03 Å². The summed E-state index contributed by atoms with van der Waals surface area (Å²) in [4.78, 5) is 46.9. The molecule has 0 aliphatic carbocycles. The molecule has 0 aromatic carbocycles. The van der Waals surface area contributed by atoms with Gasteiger partial charge in [-0.05, 0) is 33.6 Å². The minimum Gasteiger partial charge on any atom is -0.344 e. The van der Waals surface area contributed by atoms with E-state index in [1.807, 2.05) is 6.92 Å². The van der Waals surface area contributed by atoms with Gasteiger partial charge in [0, 0.05) is 18.4 Å². The van der Waals surface area contributed by atoms with Crippen LogP contribution in [-0.2, 0) is 9.59 Å². The second kappa shape index (κ2) is 5.36. The molecule has 1 aromatic heterocycles. The van der Waals surface area contributed by atoms with E-state index < -0.39 is 11.6 Å². The number of carbonyl (C=O) groups is 3. The molecule has 2 aliphatic heterocycles. The number of nitrogens with one attached hydrogen (secondary N) is 2. The molecule has 0 saturated carbocycles. The normalized spacial score (nSPS) is 23.5. The van der Waals surface area contributed by atoms with Gasteiger partial charge in [0.25, 0.3) is 5.91 Å². The molecule has 0 spiro atoms. The molecule has 0 radical (unpaired) electrons. The van der Waals surface area contributed by atoms with Gasteiger partial charge < -0.3 is 15.2 Å². The van der Waals surface area contributed by atoms with Gasteiger partial charge in [0.1, 0.15) is 17.9 Å². The molecule has 2 aliphatic rings. The van der Waals surface area contributed by atoms with Crippen LogP contribution < -0.4 is 5.32 Å². The zero-order chi connectivity index (χ0) is 16.8. The summed E-state index contributed by atoms with van der Waals surface area (Å²) in [5.74, 6) is 0.147. The standard InChI is InChI=1S/C15H21N5O3/c1-9-7-16-12(17-9)10-5-4-6-19(10)11(21)8-20-13(22)15(2,3)18-14(20)23/h7,10H,4-6,8H2,1-3H3,(H,16,17)(H,18,23)/t10-/m1/s1. The van der Waals surface area contributed by atoms with Crippen LogP contribution in [0.3, 0.4) is 0 Å². The predicted octanol–water partition coefficient (Wildman–Crippen LogP) is 0.712. The highest BCUT2D eigenvalue weighted by atomic mass is 16.2. The second-order valence-electron chi connectivity index (χ2n) is 6.64. The Labute approximate surface area is 134 Å². The SMILES string of the molecule is Cc1cnc([C@H]2CCCN2C(=O)CN2C(=O)NC(C)(C)C2=O)[nH]1. The number of imide groups is 1. The molecular weight excluding hydrogens is 298 g/mol. The first-order valence-corrected chi connectivity index (χ1v) is 7.74. The van der Waals surface area contributed by atoms with Gasteiger partial charge in [0.05, 0.1) is 6.04 Å². The average Bonchev–Trinajstić information content (AvgIpc) is 3.14. The third kappa shape index (κ3) is 2.69. The number of hydrogen-bond donors (Lipinski definition) is 2. The molecule has 8 heteroatoms. The fraction of sp³-hybridized carbons (Fsp3) is 0.600. The third-order valence-electron chi connectivity index (χ3n) is 4.35. The highest BCUT2D eigenvalue weighted by Gasteiger charge is 2.46. The maximum Gasteiger partial charge on any atom is 0.325 e. The summed E-state index contributed by atoms with van der Waals surface area (Å²) in [5, 5.41) is 2.58. The topological polar surface area (TPSA) is 98.4 Å². The highest BCUT2D eigenvalue weighted by molar-refractivity contribution is 6.08. The van der Waals surface area contributed by atoms with Crippen LogP contribution in [0, 0.1) is 6.92 Å². The van der Waals surface area contributed by atoms with Gasteiger partial charge in [-0.3, -0.25) is 14.5 Å². The van der Waals surface area contributed by atoms with Crippen molar-refractivity contribution in [2.45, 2.75) is 45.2 Å². The molecule has 3 heterocycles. The van der Waals surface area contributed by atoms with Crippen LogP contribution in [0.15, 0.2) is 6.20 Å². The number of nitrogens with zero attached hydrogens (tertiary/aromatic N) is 3. The van der Waals surface area contributed by atoms with Crippen molar-refractivity contribution in [2.75, 3.05) is 13.1 Å². The quantitative estimate of drug-likeness (QED) is 0.802. The Balaban J connectivity index is 1.73. The van der Waals surface area contributed by atoms with E-state index in [9.17, 15) is 14.4 Å². The molecule has 3 rings (SSSR count). The lowest BCUT2D eigenvalue weighted by Gasteiger charge is -2.25. The van der Waals surface area contributed by atoms with Crippen molar-refractivity contribution in [2.24, 2.45) is 0 Å². The third-order valence-corrected chi connectivity index (χ3v) is 4.35. The Kier molecular flexibility index (Phi) is 3.62. The maximum atomic E-state index is 12.6. The van der Waals surface area contributed by atoms with E-state index in [2.05, 4.69) is 15.3 Å².